The summed E-state index contributed by atoms with van der Waals surface area (Å²) in [6.07, 6.45) is 0.0791. The molecule has 0 bridgehead atoms. The van der Waals surface area contributed by atoms with Gasteiger partial charge in [0, 0.05) is 0 Å². The van der Waals surface area contributed by atoms with Crippen molar-refractivity contribution in [3.63, 3.8) is 0 Å². The van der Waals surface area contributed by atoms with Crippen molar-refractivity contribution in [1.29, 1.82) is 0 Å². The normalized spacial score (nSPS) is 12.5. The van der Waals surface area contributed by atoms with E-state index in [4.69, 9.17) is 4.74 Å². The van der Waals surface area contributed by atoms with Crippen LogP contribution in [0.1, 0.15) is 37.9 Å². The number of ether oxygens (including phenoxy) is 1. The molecule has 1 amide bonds. The van der Waals surface area contributed by atoms with Gasteiger partial charge in [0.25, 0.3) is 0 Å². The summed E-state index contributed by atoms with van der Waals surface area (Å²) in [7, 11) is 0. The van der Waals surface area contributed by atoms with Crippen molar-refractivity contribution in [1.82, 2.24) is 5.32 Å². The standard InChI is InChI=1S/C14H21NO2/c1-10(2)17-9-14(16)15-12(4)13-7-5-11(3)6-8-13/h5-8,10,12H,9H2,1-4H3,(H,15,16)/t12-/m0/s1. The first-order valence-corrected chi connectivity index (χ1v) is 5.96. The Morgan fingerprint density at radius 1 is 1.24 bits per heavy atom. The summed E-state index contributed by atoms with van der Waals surface area (Å²) in [5.74, 6) is -0.0771. The molecular formula is C14H21NO2. The molecule has 0 heterocycles. The van der Waals surface area contributed by atoms with E-state index in [1.54, 1.807) is 0 Å². The van der Waals surface area contributed by atoms with Crippen LogP contribution in [0.4, 0.5) is 0 Å². The van der Waals surface area contributed by atoms with Crippen LogP contribution >= 0.6 is 0 Å². The van der Waals surface area contributed by atoms with Crippen molar-refractivity contribution in [3.8, 4) is 0 Å². The molecule has 1 N–H and O–H groups in total. The first kappa shape index (κ1) is 13.7. The molecular weight excluding hydrogens is 214 g/mol. The van der Waals surface area contributed by atoms with E-state index in [-0.39, 0.29) is 24.7 Å². The van der Waals surface area contributed by atoms with Crippen LogP contribution in [0, 0.1) is 6.92 Å². The number of aryl methyl sites for hydroxylation is 1. The fraction of sp³-hybridized carbons (Fsp3) is 0.500. The molecule has 0 spiro atoms. The molecule has 1 rings (SSSR count). The topological polar surface area (TPSA) is 38.3 Å². The lowest BCUT2D eigenvalue weighted by atomic mass is 10.1. The lowest BCUT2D eigenvalue weighted by Crippen LogP contribution is -2.31. The molecule has 1 aromatic rings. The number of amides is 1. The average molecular weight is 235 g/mol. The van der Waals surface area contributed by atoms with E-state index < -0.39 is 0 Å². The van der Waals surface area contributed by atoms with Gasteiger partial charge in [-0.15, -0.1) is 0 Å². The molecule has 1 atom stereocenters. The van der Waals surface area contributed by atoms with Crippen LogP contribution in [0.25, 0.3) is 0 Å². The number of carbonyl (C=O) groups excluding carboxylic acids is 1. The minimum Gasteiger partial charge on any atom is -0.369 e. The van der Waals surface area contributed by atoms with Crippen LogP contribution < -0.4 is 5.32 Å². The number of benzene rings is 1. The number of hydrogen-bond donors (Lipinski definition) is 1. The van der Waals surface area contributed by atoms with Gasteiger partial charge in [-0.2, -0.15) is 0 Å². The zero-order valence-corrected chi connectivity index (χ0v) is 11.0. The average Bonchev–Trinajstić information content (AvgIpc) is 2.27. The third-order valence-corrected chi connectivity index (χ3v) is 2.50. The third-order valence-electron chi connectivity index (χ3n) is 2.50. The van der Waals surface area contributed by atoms with Gasteiger partial charge in [-0.25, -0.2) is 0 Å². The Balaban J connectivity index is 2.46. The summed E-state index contributed by atoms with van der Waals surface area (Å²) in [4.78, 5) is 11.6. The highest BCUT2D eigenvalue weighted by atomic mass is 16.5. The molecule has 0 aliphatic rings. The van der Waals surface area contributed by atoms with Crippen LogP contribution in [0.3, 0.4) is 0 Å². The summed E-state index contributed by atoms with van der Waals surface area (Å²) < 4.78 is 5.25. The molecule has 1 aromatic carbocycles. The SMILES string of the molecule is Cc1ccc([C@H](C)NC(=O)COC(C)C)cc1. The van der Waals surface area contributed by atoms with E-state index in [1.165, 1.54) is 5.56 Å². The molecule has 94 valence electrons. The van der Waals surface area contributed by atoms with E-state index in [0.29, 0.717) is 0 Å². The molecule has 0 aromatic heterocycles. The summed E-state index contributed by atoms with van der Waals surface area (Å²) in [5.41, 5.74) is 2.32. The number of hydrogen-bond acceptors (Lipinski definition) is 2. The van der Waals surface area contributed by atoms with E-state index in [2.05, 4.69) is 5.32 Å². The summed E-state index contributed by atoms with van der Waals surface area (Å²) >= 11 is 0. The molecule has 0 radical (unpaired) electrons. The first-order valence-electron chi connectivity index (χ1n) is 5.96. The van der Waals surface area contributed by atoms with Gasteiger partial charge in [0.05, 0.1) is 12.1 Å². The summed E-state index contributed by atoms with van der Waals surface area (Å²) in [6, 6.07) is 8.16. The molecule has 0 aliphatic carbocycles. The highest BCUT2D eigenvalue weighted by Gasteiger charge is 2.09. The third kappa shape index (κ3) is 5.00. The molecule has 3 heteroatoms. The molecule has 0 saturated carbocycles. The van der Waals surface area contributed by atoms with E-state index in [1.807, 2.05) is 52.0 Å². The Morgan fingerprint density at radius 3 is 2.35 bits per heavy atom. The van der Waals surface area contributed by atoms with Crippen molar-refractivity contribution < 1.29 is 9.53 Å². The molecule has 0 saturated heterocycles. The van der Waals surface area contributed by atoms with Crippen LogP contribution in [0.15, 0.2) is 24.3 Å². The van der Waals surface area contributed by atoms with Crippen molar-refractivity contribution in [3.05, 3.63) is 35.4 Å². The second-order valence-electron chi connectivity index (χ2n) is 4.56. The maximum absolute atomic E-state index is 11.6. The lowest BCUT2D eigenvalue weighted by molar-refractivity contribution is -0.127. The molecule has 0 fully saturated rings. The Kier molecular flexibility index (Phi) is 5.16. The highest BCUT2D eigenvalue weighted by Crippen LogP contribution is 2.12. The zero-order valence-electron chi connectivity index (χ0n) is 11.0. The van der Waals surface area contributed by atoms with Crippen molar-refractivity contribution in [2.24, 2.45) is 0 Å². The fourth-order valence-corrected chi connectivity index (χ4v) is 1.46. The maximum atomic E-state index is 11.6. The minimum absolute atomic E-state index is 0.0128. The monoisotopic (exact) mass is 235 g/mol. The quantitative estimate of drug-likeness (QED) is 0.852. The van der Waals surface area contributed by atoms with Crippen molar-refractivity contribution >= 4 is 5.91 Å². The second kappa shape index (κ2) is 6.40. The second-order valence-corrected chi connectivity index (χ2v) is 4.56. The van der Waals surface area contributed by atoms with Gasteiger partial charge in [-0.1, -0.05) is 29.8 Å². The van der Waals surface area contributed by atoms with Gasteiger partial charge in [0.1, 0.15) is 6.61 Å². The van der Waals surface area contributed by atoms with Gasteiger partial charge in [0.2, 0.25) is 5.91 Å². The number of nitrogens with one attached hydrogen (secondary N) is 1. The Morgan fingerprint density at radius 2 is 1.82 bits per heavy atom. The Labute approximate surface area is 103 Å². The largest absolute Gasteiger partial charge is 0.369 e. The Hall–Kier alpha value is -1.35. The van der Waals surface area contributed by atoms with Crippen LogP contribution in [0.5, 0.6) is 0 Å². The van der Waals surface area contributed by atoms with Gasteiger partial charge in [-0.3, -0.25) is 4.79 Å². The molecule has 3 nitrogen and oxygen atoms in total. The molecule has 17 heavy (non-hydrogen) atoms. The lowest BCUT2D eigenvalue weighted by Gasteiger charge is -2.15. The predicted octanol–water partition coefficient (Wildman–Crippen LogP) is 2.60. The van der Waals surface area contributed by atoms with Gasteiger partial charge in [0.15, 0.2) is 0 Å². The van der Waals surface area contributed by atoms with Gasteiger partial charge in [-0.05, 0) is 33.3 Å². The maximum Gasteiger partial charge on any atom is 0.246 e. The predicted molar refractivity (Wildman–Crippen MR) is 68.8 cm³/mol. The summed E-state index contributed by atoms with van der Waals surface area (Å²) in [6.45, 7) is 7.96. The number of rotatable bonds is 5. The first-order chi connectivity index (χ1) is 7.99. The van der Waals surface area contributed by atoms with Crippen LogP contribution in [0.2, 0.25) is 0 Å². The summed E-state index contributed by atoms with van der Waals surface area (Å²) in [5, 5.41) is 2.91. The van der Waals surface area contributed by atoms with Gasteiger partial charge >= 0.3 is 0 Å². The highest BCUT2D eigenvalue weighted by molar-refractivity contribution is 5.77. The fourth-order valence-electron chi connectivity index (χ4n) is 1.46. The van der Waals surface area contributed by atoms with Crippen LogP contribution in [-0.4, -0.2) is 18.6 Å². The molecule has 0 unspecified atom stereocenters. The van der Waals surface area contributed by atoms with E-state index in [0.717, 1.165) is 5.56 Å². The molecule has 0 aliphatic heterocycles. The zero-order chi connectivity index (χ0) is 12.8. The van der Waals surface area contributed by atoms with Crippen molar-refractivity contribution in [2.75, 3.05) is 6.61 Å². The van der Waals surface area contributed by atoms with Gasteiger partial charge < -0.3 is 10.1 Å². The van der Waals surface area contributed by atoms with E-state index in [9.17, 15) is 4.79 Å². The number of carbonyl (C=O) groups is 1. The Bertz CT molecular complexity index is 357. The van der Waals surface area contributed by atoms with E-state index >= 15 is 0 Å². The smallest absolute Gasteiger partial charge is 0.246 e. The van der Waals surface area contributed by atoms with Crippen LogP contribution in [-0.2, 0) is 9.53 Å². The van der Waals surface area contributed by atoms with Crippen molar-refractivity contribution in [2.45, 2.75) is 39.8 Å². The minimum atomic E-state index is -0.0771.